The van der Waals surface area contributed by atoms with Gasteiger partial charge in [-0.2, -0.15) is 0 Å². The van der Waals surface area contributed by atoms with Crippen LogP contribution in [0.4, 0.5) is 11.4 Å². The van der Waals surface area contributed by atoms with E-state index in [1.807, 2.05) is 24.3 Å². The summed E-state index contributed by atoms with van der Waals surface area (Å²) in [6.07, 6.45) is 11.5. The number of nitrogens with one attached hydrogen (secondary N) is 2. The molecule has 3 rings (SSSR count). The van der Waals surface area contributed by atoms with Gasteiger partial charge in [-0.3, -0.25) is 9.59 Å². The minimum atomic E-state index is 0.0839. The molecule has 4 nitrogen and oxygen atoms in total. The number of rotatable bonds is 7. The van der Waals surface area contributed by atoms with Crippen molar-refractivity contribution in [3.63, 3.8) is 0 Å². The maximum atomic E-state index is 12.0. The Labute approximate surface area is 144 Å². The molecule has 2 fully saturated rings. The van der Waals surface area contributed by atoms with E-state index in [4.69, 9.17) is 0 Å². The fourth-order valence-corrected chi connectivity index (χ4v) is 3.48. The fraction of sp³-hybridized carbons (Fsp3) is 0.600. The first-order valence-corrected chi connectivity index (χ1v) is 9.41. The standard InChI is InChI=1S/C20H28N2O2/c23-19(8-4-7-15-5-2-1-3-6-15)21-17-11-13-18(14-12-17)22-20(24)16-9-10-16/h11-16H,1-10H2,(H,21,23)(H,22,24). The third-order valence-electron chi connectivity index (χ3n) is 5.13. The van der Waals surface area contributed by atoms with Gasteiger partial charge < -0.3 is 10.6 Å². The van der Waals surface area contributed by atoms with Crippen molar-refractivity contribution in [2.24, 2.45) is 11.8 Å². The highest BCUT2D eigenvalue weighted by Crippen LogP contribution is 2.30. The van der Waals surface area contributed by atoms with Crippen LogP contribution < -0.4 is 10.6 Å². The summed E-state index contributed by atoms with van der Waals surface area (Å²) < 4.78 is 0. The molecule has 0 aliphatic heterocycles. The molecule has 0 atom stereocenters. The Hall–Kier alpha value is -1.84. The van der Waals surface area contributed by atoms with Crippen molar-refractivity contribution in [1.82, 2.24) is 0 Å². The predicted molar refractivity (Wildman–Crippen MR) is 96.9 cm³/mol. The average molecular weight is 328 g/mol. The van der Waals surface area contributed by atoms with Crippen LogP contribution in [-0.4, -0.2) is 11.8 Å². The molecule has 0 bridgehead atoms. The smallest absolute Gasteiger partial charge is 0.227 e. The van der Waals surface area contributed by atoms with E-state index in [1.165, 1.54) is 38.5 Å². The minimum Gasteiger partial charge on any atom is -0.326 e. The molecule has 2 saturated carbocycles. The van der Waals surface area contributed by atoms with Crippen LogP contribution in [0.5, 0.6) is 0 Å². The number of hydrogen-bond donors (Lipinski definition) is 2. The van der Waals surface area contributed by atoms with E-state index in [0.717, 1.165) is 36.6 Å². The molecule has 2 aliphatic carbocycles. The number of benzene rings is 1. The molecule has 24 heavy (non-hydrogen) atoms. The Kier molecular flexibility index (Phi) is 5.89. The second kappa shape index (κ2) is 8.32. The van der Waals surface area contributed by atoms with Crippen LogP contribution >= 0.6 is 0 Å². The van der Waals surface area contributed by atoms with E-state index < -0.39 is 0 Å². The lowest BCUT2D eigenvalue weighted by Gasteiger charge is -2.21. The Morgan fingerprint density at radius 2 is 1.50 bits per heavy atom. The van der Waals surface area contributed by atoms with Crippen LogP contribution in [0, 0.1) is 11.8 Å². The van der Waals surface area contributed by atoms with Crippen LogP contribution in [0.2, 0.25) is 0 Å². The molecule has 1 aromatic rings. The monoisotopic (exact) mass is 328 g/mol. The molecule has 0 radical (unpaired) electrons. The van der Waals surface area contributed by atoms with Crippen molar-refractivity contribution in [1.29, 1.82) is 0 Å². The molecular weight excluding hydrogens is 300 g/mol. The van der Waals surface area contributed by atoms with E-state index in [-0.39, 0.29) is 17.7 Å². The van der Waals surface area contributed by atoms with Gasteiger partial charge in [-0.25, -0.2) is 0 Å². The highest BCUT2D eigenvalue weighted by molar-refractivity contribution is 5.95. The molecule has 2 amide bonds. The fourth-order valence-electron chi connectivity index (χ4n) is 3.48. The number of carbonyl (C=O) groups is 2. The molecular formula is C20H28N2O2. The highest BCUT2D eigenvalue weighted by Gasteiger charge is 2.29. The maximum Gasteiger partial charge on any atom is 0.227 e. The summed E-state index contributed by atoms with van der Waals surface area (Å²) in [5, 5.41) is 5.85. The molecule has 0 spiro atoms. The normalized spacial score (nSPS) is 18.2. The van der Waals surface area contributed by atoms with E-state index in [1.54, 1.807) is 0 Å². The largest absolute Gasteiger partial charge is 0.326 e. The minimum absolute atomic E-state index is 0.0839. The lowest BCUT2D eigenvalue weighted by molar-refractivity contribution is -0.117. The van der Waals surface area contributed by atoms with E-state index in [9.17, 15) is 9.59 Å². The lowest BCUT2D eigenvalue weighted by Crippen LogP contribution is -2.14. The van der Waals surface area contributed by atoms with Crippen molar-refractivity contribution in [3.05, 3.63) is 24.3 Å². The van der Waals surface area contributed by atoms with Crippen LogP contribution in [0.3, 0.4) is 0 Å². The van der Waals surface area contributed by atoms with Gasteiger partial charge in [0, 0.05) is 23.7 Å². The van der Waals surface area contributed by atoms with Gasteiger partial charge in [0.05, 0.1) is 0 Å². The topological polar surface area (TPSA) is 58.2 Å². The highest BCUT2D eigenvalue weighted by atomic mass is 16.2. The van der Waals surface area contributed by atoms with Crippen molar-refractivity contribution in [3.8, 4) is 0 Å². The van der Waals surface area contributed by atoms with E-state index in [0.29, 0.717) is 6.42 Å². The number of hydrogen-bond acceptors (Lipinski definition) is 2. The van der Waals surface area contributed by atoms with Crippen LogP contribution in [0.15, 0.2) is 24.3 Å². The summed E-state index contributed by atoms with van der Waals surface area (Å²) in [5.41, 5.74) is 1.59. The zero-order valence-corrected chi connectivity index (χ0v) is 14.4. The first-order chi connectivity index (χ1) is 11.7. The van der Waals surface area contributed by atoms with Crippen molar-refractivity contribution in [2.75, 3.05) is 10.6 Å². The van der Waals surface area contributed by atoms with Crippen LogP contribution in [0.25, 0.3) is 0 Å². The van der Waals surface area contributed by atoms with Gasteiger partial charge in [0.2, 0.25) is 11.8 Å². The average Bonchev–Trinajstić information content (AvgIpc) is 3.43. The predicted octanol–water partition coefficient (Wildman–Crippen LogP) is 4.72. The molecule has 2 aliphatic rings. The summed E-state index contributed by atoms with van der Waals surface area (Å²) in [5.74, 6) is 1.23. The molecule has 0 saturated heterocycles. The van der Waals surface area contributed by atoms with Gasteiger partial charge >= 0.3 is 0 Å². The summed E-state index contributed by atoms with van der Waals surface area (Å²) in [6.45, 7) is 0. The van der Waals surface area contributed by atoms with E-state index >= 15 is 0 Å². The van der Waals surface area contributed by atoms with Crippen molar-refractivity contribution >= 4 is 23.2 Å². The van der Waals surface area contributed by atoms with Crippen LogP contribution in [-0.2, 0) is 9.59 Å². The summed E-state index contributed by atoms with van der Waals surface area (Å²) >= 11 is 0. The molecule has 0 heterocycles. The molecule has 130 valence electrons. The van der Waals surface area contributed by atoms with Gasteiger partial charge in [-0.1, -0.05) is 32.1 Å². The van der Waals surface area contributed by atoms with E-state index in [2.05, 4.69) is 10.6 Å². The molecule has 0 aromatic heterocycles. The van der Waals surface area contributed by atoms with Crippen molar-refractivity contribution in [2.45, 2.75) is 64.2 Å². The maximum absolute atomic E-state index is 12.0. The lowest BCUT2D eigenvalue weighted by atomic mass is 9.86. The van der Waals surface area contributed by atoms with Gasteiger partial charge in [0.15, 0.2) is 0 Å². The van der Waals surface area contributed by atoms with Crippen LogP contribution in [0.1, 0.15) is 64.2 Å². The number of carbonyl (C=O) groups excluding carboxylic acids is 2. The molecule has 1 aromatic carbocycles. The Bertz CT molecular complexity index is 558. The Morgan fingerprint density at radius 3 is 2.12 bits per heavy atom. The molecule has 0 unspecified atom stereocenters. The summed E-state index contributed by atoms with van der Waals surface area (Å²) in [6, 6.07) is 7.39. The zero-order chi connectivity index (χ0) is 16.8. The Morgan fingerprint density at radius 1 is 0.875 bits per heavy atom. The zero-order valence-electron chi connectivity index (χ0n) is 14.4. The summed E-state index contributed by atoms with van der Waals surface area (Å²) in [4.78, 5) is 23.7. The number of amides is 2. The third-order valence-corrected chi connectivity index (χ3v) is 5.13. The van der Waals surface area contributed by atoms with Gasteiger partial charge in [0.25, 0.3) is 0 Å². The first kappa shape index (κ1) is 17.0. The first-order valence-electron chi connectivity index (χ1n) is 9.41. The second-order valence-corrected chi connectivity index (χ2v) is 7.29. The second-order valence-electron chi connectivity index (χ2n) is 7.29. The number of anilines is 2. The quantitative estimate of drug-likeness (QED) is 0.760. The Balaban J connectivity index is 1.36. The third kappa shape index (κ3) is 5.36. The molecule has 2 N–H and O–H groups in total. The van der Waals surface area contributed by atoms with Crippen molar-refractivity contribution < 1.29 is 9.59 Å². The summed E-state index contributed by atoms with van der Waals surface area (Å²) in [7, 11) is 0. The van der Waals surface area contributed by atoms with Gasteiger partial charge in [-0.15, -0.1) is 0 Å². The SMILES string of the molecule is O=C(CCCC1CCCCC1)Nc1ccc(NC(=O)C2CC2)cc1. The van der Waals surface area contributed by atoms with Gasteiger partial charge in [0.1, 0.15) is 0 Å². The molecule has 4 heteroatoms. The van der Waals surface area contributed by atoms with Gasteiger partial charge in [-0.05, 0) is 55.9 Å².